The summed E-state index contributed by atoms with van der Waals surface area (Å²) in [5, 5.41) is 12.0. The Balaban J connectivity index is 3.92. The highest BCUT2D eigenvalue weighted by atomic mass is 16.5. The quantitative estimate of drug-likeness (QED) is 0.624. The van der Waals surface area contributed by atoms with Gasteiger partial charge < -0.3 is 15.2 Å². The third-order valence-electron chi connectivity index (χ3n) is 2.46. The lowest BCUT2D eigenvalue weighted by atomic mass is 9.97. The first-order valence-corrected chi connectivity index (χ1v) is 5.55. The zero-order valence-electron chi connectivity index (χ0n) is 10.2. The maximum atomic E-state index is 11.4. The van der Waals surface area contributed by atoms with Crippen LogP contribution in [0.2, 0.25) is 0 Å². The molecule has 0 saturated carbocycles. The summed E-state index contributed by atoms with van der Waals surface area (Å²) in [6, 6.07) is 0. The normalized spacial score (nSPS) is 14.0. The molecule has 5 nitrogen and oxygen atoms in total. The second kappa shape index (κ2) is 8.10. The van der Waals surface area contributed by atoms with Crippen LogP contribution in [0.3, 0.4) is 0 Å². The molecule has 0 aliphatic carbocycles. The van der Waals surface area contributed by atoms with Gasteiger partial charge in [-0.15, -0.1) is 0 Å². The minimum atomic E-state index is -1.06. The number of hydrogen-bond donors (Lipinski definition) is 2. The molecule has 0 heterocycles. The maximum absolute atomic E-state index is 11.4. The van der Waals surface area contributed by atoms with E-state index in [1.807, 2.05) is 6.92 Å². The van der Waals surface area contributed by atoms with Gasteiger partial charge in [0.15, 0.2) is 0 Å². The summed E-state index contributed by atoms with van der Waals surface area (Å²) in [6.07, 6.45) is 1.74. The Morgan fingerprint density at radius 1 is 1.44 bits per heavy atom. The predicted molar refractivity (Wildman–Crippen MR) is 59.7 cm³/mol. The van der Waals surface area contributed by atoms with E-state index < -0.39 is 18.0 Å². The number of aliphatic hydroxyl groups excluding tert-OH is 1. The molecule has 0 aliphatic rings. The van der Waals surface area contributed by atoms with Crippen molar-refractivity contribution in [3.05, 3.63) is 0 Å². The number of nitrogens with one attached hydrogen (secondary N) is 1. The van der Waals surface area contributed by atoms with E-state index in [9.17, 15) is 14.7 Å². The molecule has 2 atom stereocenters. The van der Waals surface area contributed by atoms with Crippen molar-refractivity contribution < 1.29 is 19.4 Å². The molecule has 2 unspecified atom stereocenters. The lowest BCUT2D eigenvalue weighted by molar-refractivity contribution is -0.142. The summed E-state index contributed by atoms with van der Waals surface area (Å²) in [5.74, 6) is -1.15. The minimum absolute atomic E-state index is 0.0994. The van der Waals surface area contributed by atoms with Gasteiger partial charge in [-0.25, -0.2) is 0 Å². The fraction of sp³-hybridized carbons (Fsp3) is 0.818. The monoisotopic (exact) mass is 231 g/mol. The largest absolute Gasteiger partial charge is 0.468 e. The molecule has 0 rings (SSSR count). The maximum Gasteiger partial charge on any atom is 0.325 e. The van der Waals surface area contributed by atoms with Crippen molar-refractivity contribution in [1.82, 2.24) is 5.32 Å². The average Bonchev–Trinajstić information content (AvgIpc) is 2.31. The number of aliphatic hydroxyl groups is 1. The van der Waals surface area contributed by atoms with Crippen LogP contribution < -0.4 is 5.32 Å². The molecule has 0 fully saturated rings. The zero-order chi connectivity index (χ0) is 12.6. The Labute approximate surface area is 96.2 Å². The Bertz CT molecular complexity index is 230. The van der Waals surface area contributed by atoms with Gasteiger partial charge in [0.05, 0.1) is 7.11 Å². The third-order valence-corrected chi connectivity index (χ3v) is 2.46. The fourth-order valence-electron chi connectivity index (χ4n) is 1.28. The van der Waals surface area contributed by atoms with Gasteiger partial charge in [-0.1, -0.05) is 26.7 Å². The van der Waals surface area contributed by atoms with Gasteiger partial charge in [0.1, 0.15) is 12.6 Å². The van der Waals surface area contributed by atoms with E-state index in [2.05, 4.69) is 17.0 Å². The van der Waals surface area contributed by atoms with E-state index in [1.165, 1.54) is 7.11 Å². The van der Waals surface area contributed by atoms with Crippen LogP contribution in [0.1, 0.15) is 33.1 Å². The molecule has 5 heteroatoms. The van der Waals surface area contributed by atoms with Gasteiger partial charge in [0.2, 0.25) is 5.91 Å². The van der Waals surface area contributed by atoms with Crippen molar-refractivity contribution in [3.8, 4) is 0 Å². The zero-order valence-corrected chi connectivity index (χ0v) is 10.2. The lowest BCUT2D eigenvalue weighted by Gasteiger charge is -2.17. The molecular formula is C11H21NO4. The molecule has 0 spiro atoms. The van der Waals surface area contributed by atoms with Gasteiger partial charge in [-0.05, 0) is 12.3 Å². The van der Waals surface area contributed by atoms with Crippen molar-refractivity contribution in [1.29, 1.82) is 0 Å². The number of rotatable bonds is 7. The third kappa shape index (κ3) is 5.70. The van der Waals surface area contributed by atoms with Crippen LogP contribution in [0.15, 0.2) is 0 Å². The second-order valence-corrected chi connectivity index (χ2v) is 3.86. The van der Waals surface area contributed by atoms with Crippen LogP contribution in [0.25, 0.3) is 0 Å². The van der Waals surface area contributed by atoms with Gasteiger partial charge in [0.25, 0.3) is 0 Å². The highest BCUT2D eigenvalue weighted by Crippen LogP contribution is 2.12. The summed E-state index contributed by atoms with van der Waals surface area (Å²) in [6.45, 7) is 3.67. The van der Waals surface area contributed by atoms with E-state index in [-0.39, 0.29) is 12.5 Å². The topological polar surface area (TPSA) is 75.6 Å². The highest BCUT2D eigenvalue weighted by Gasteiger charge is 2.22. The smallest absolute Gasteiger partial charge is 0.325 e. The summed E-state index contributed by atoms with van der Waals surface area (Å²) in [5.41, 5.74) is 0. The van der Waals surface area contributed by atoms with E-state index in [4.69, 9.17) is 0 Å². The molecule has 0 aliphatic heterocycles. The van der Waals surface area contributed by atoms with Crippen molar-refractivity contribution in [2.75, 3.05) is 13.7 Å². The molecule has 0 bridgehead atoms. The first-order valence-electron chi connectivity index (χ1n) is 5.55. The van der Waals surface area contributed by atoms with Gasteiger partial charge in [0, 0.05) is 0 Å². The molecule has 1 amide bonds. The number of ether oxygens (including phenoxy) is 1. The summed E-state index contributed by atoms with van der Waals surface area (Å²) in [4.78, 5) is 22.2. The number of carbonyl (C=O) groups is 2. The first kappa shape index (κ1) is 14.9. The van der Waals surface area contributed by atoms with E-state index in [0.29, 0.717) is 0 Å². The fourth-order valence-corrected chi connectivity index (χ4v) is 1.28. The Morgan fingerprint density at radius 2 is 2.06 bits per heavy atom. The molecule has 2 N–H and O–H groups in total. The molecular weight excluding hydrogens is 210 g/mol. The lowest BCUT2D eigenvalue weighted by Crippen LogP contribution is -2.41. The van der Waals surface area contributed by atoms with Crippen molar-refractivity contribution in [2.45, 2.75) is 39.2 Å². The van der Waals surface area contributed by atoms with E-state index >= 15 is 0 Å². The Morgan fingerprint density at radius 3 is 2.56 bits per heavy atom. The SMILES string of the molecule is CCCCC(C)C(O)C(=O)NCC(=O)OC. The number of hydrogen-bond acceptors (Lipinski definition) is 4. The molecule has 0 aromatic heterocycles. The van der Waals surface area contributed by atoms with Crippen molar-refractivity contribution in [3.63, 3.8) is 0 Å². The summed E-state index contributed by atoms with van der Waals surface area (Å²) < 4.78 is 4.37. The molecule has 0 radical (unpaired) electrons. The van der Waals surface area contributed by atoms with Crippen LogP contribution in [0, 0.1) is 5.92 Å². The number of unbranched alkanes of at least 4 members (excludes halogenated alkanes) is 1. The molecule has 0 aromatic carbocycles. The predicted octanol–water partition coefficient (Wildman–Crippen LogP) is 0.463. The minimum Gasteiger partial charge on any atom is -0.468 e. The van der Waals surface area contributed by atoms with Gasteiger partial charge >= 0.3 is 5.97 Å². The standard InChI is InChI=1S/C11H21NO4/c1-4-5-6-8(2)10(14)11(15)12-7-9(13)16-3/h8,10,14H,4-7H2,1-3H3,(H,12,15). The van der Waals surface area contributed by atoms with Crippen LogP contribution in [0.5, 0.6) is 0 Å². The van der Waals surface area contributed by atoms with Crippen LogP contribution >= 0.6 is 0 Å². The Kier molecular flexibility index (Phi) is 7.54. The highest BCUT2D eigenvalue weighted by molar-refractivity contribution is 5.84. The number of amides is 1. The molecule has 16 heavy (non-hydrogen) atoms. The average molecular weight is 231 g/mol. The van der Waals surface area contributed by atoms with Crippen molar-refractivity contribution >= 4 is 11.9 Å². The molecule has 0 aromatic rings. The van der Waals surface area contributed by atoms with Gasteiger partial charge in [-0.2, -0.15) is 0 Å². The van der Waals surface area contributed by atoms with E-state index in [1.54, 1.807) is 0 Å². The van der Waals surface area contributed by atoms with Crippen molar-refractivity contribution in [2.24, 2.45) is 5.92 Å². The molecule has 0 saturated heterocycles. The van der Waals surface area contributed by atoms with Gasteiger partial charge in [-0.3, -0.25) is 9.59 Å². The van der Waals surface area contributed by atoms with E-state index in [0.717, 1.165) is 19.3 Å². The number of carbonyl (C=O) groups excluding carboxylic acids is 2. The number of esters is 1. The van der Waals surface area contributed by atoms with Crippen LogP contribution in [-0.4, -0.2) is 36.7 Å². The molecule has 94 valence electrons. The Hall–Kier alpha value is -1.10. The van der Waals surface area contributed by atoms with Crippen LogP contribution in [-0.2, 0) is 14.3 Å². The summed E-state index contributed by atoms with van der Waals surface area (Å²) >= 11 is 0. The second-order valence-electron chi connectivity index (χ2n) is 3.86. The number of methoxy groups -OCH3 is 1. The first-order chi connectivity index (χ1) is 7.52. The van der Waals surface area contributed by atoms with Crippen LogP contribution in [0.4, 0.5) is 0 Å². The summed E-state index contributed by atoms with van der Waals surface area (Å²) in [7, 11) is 1.24.